The summed E-state index contributed by atoms with van der Waals surface area (Å²) in [7, 11) is 1.41. The molecule has 1 aromatic rings. The minimum Gasteiger partial charge on any atom is -0.492 e. The van der Waals surface area contributed by atoms with Gasteiger partial charge < -0.3 is 20.9 Å². The summed E-state index contributed by atoms with van der Waals surface area (Å²) in [5.41, 5.74) is 13.3. The topological polar surface area (TPSA) is 134 Å². The first-order valence-electron chi connectivity index (χ1n) is 8.31. The molecule has 0 atom stereocenters. The van der Waals surface area contributed by atoms with Crippen molar-refractivity contribution in [3.8, 4) is 5.75 Å². The van der Waals surface area contributed by atoms with Crippen molar-refractivity contribution in [1.29, 1.82) is 0 Å². The molecule has 0 heterocycles. The molecule has 0 saturated heterocycles. The third-order valence-corrected chi connectivity index (χ3v) is 3.73. The number of carbonyl (C=O) groups excluding carboxylic acids is 3. The molecule has 27 heavy (non-hydrogen) atoms. The van der Waals surface area contributed by atoms with Gasteiger partial charge in [0.05, 0.1) is 13.7 Å². The molecule has 1 rings (SSSR count). The molecule has 0 radical (unpaired) electrons. The van der Waals surface area contributed by atoms with Gasteiger partial charge in [0.15, 0.2) is 5.96 Å². The Morgan fingerprint density at radius 1 is 1.19 bits per heavy atom. The molecule has 4 N–H and O–H groups in total. The van der Waals surface area contributed by atoms with Crippen LogP contribution >= 0.6 is 0 Å². The Hall–Kier alpha value is -3.12. The maximum Gasteiger partial charge on any atom is 0.373 e. The first kappa shape index (κ1) is 23.9. The second-order valence-electron chi connectivity index (χ2n) is 5.87. The van der Waals surface area contributed by atoms with Crippen LogP contribution in [0.15, 0.2) is 40.4 Å². The number of guanidine groups is 1. The number of rotatable bonds is 8. The number of allylic oxidation sites excluding steroid dienone is 1. The summed E-state index contributed by atoms with van der Waals surface area (Å²) in [6.07, 6.45) is 0.783. The summed E-state index contributed by atoms with van der Waals surface area (Å²) in [5.74, 6) is 0.793. The zero-order valence-corrected chi connectivity index (χ0v) is 16.2. The molecular formula is C19H27N3O5. The van der Waals surface area contributed by atoms with Crippen molar-refractivity contribution in [1.82, 2.24) is 0 Å². The number of hydrogen-bond donors (Lipinski definition) is 2. The number of nitrogens with zero attached hydrogens (tertiary/aromatic N) is 1. The van der Waals surface area contributed by atoms with Crippen LogP contribution in [0.1, 0.15) is 26.3 Å². The van der Waals surface area contributed by atoms with Gasteiger partial charge in [-0.3, -0.25) is 4.99 Å². The number of ether oxygens (including phenoxy) is 2. The van der Waals surface area contributed by atoms with Crippen LogP contribution in [0.3, 0.4) is 0 Å². The van der Waals surface area contributed by atoms with Crippen molar-refractivity contribution in [3.05, 3.63) is 41.0 Å². The fourth-order valence-electron chi connectivity index (χ4n) is 2.09. The zero-order valence-electron chi connectivity index (χ0n) is 16.2. The fourth-order valence-corrected chi connectivity index (χ4v) is 2.09. The summed E-state index contributed by atoms with van der Waals surface area (Å²) >= 11 is 0. The van der Waals surface area contributed by atoms with Gasteiger partial charge in [-0.15, -0.1) is 0 Å². The Balaban J connectivity index is 0.00000210. The van der Waals surface area contributed by atoms with E-state index in [2.05, 4.69) is 18.8 Å². The van der Waals surface area contributed by atoms with E-state index in [1.165, 1.54) is 7.11 Å². The summed E-state index contributed by atoms with van der Waals surface area (Å²) in [5, 5.41) is 0. The summed E-state index contributed by atoms with van der Waals surface area (Å²) in [4.78, 5) is 32.1. The van der Waals surface area contributed by atoms with E-state index in [-0.39, 0.29) is 24.0 Å². The van der Waals surface area contributed by atoms with Crippen LogP contribution in [0.4, 0.5) is 0 Å². The van der Waals surface area contributed by atoms with E-state index in [0.29, 0.717) is 25.1 Å². The van der Waals surface area contributed by atoms with E-state index >= 15 is 0 Å². The minimum atomic E-state index is -0.279. The van der Waals surface area contributed by atoms with Crippen LogP contribution in [0.2, 0.25) is 0 Å². The first-order chi connectivity index (χ1) is 12.8. The largest absolute Gasteiger partial charge is 0.492 e. The molecule has 0 bridgehead atoms. The highest BCUT2D eigenvalue weighted by atomic mass is 16.5. The van der Waals surface area contributed by atoms with Crippen LogP contribution in [0, 0.1) is 5.92 Å². The molecule has 8 nitrogen and oxygen atoms in total. The second-order valence-corrected chi connectivity index (χ2v) is 5.87. The van der Waals surface area contributed by atoms with Crippen molar-refractivity contribution in [3.63, 3.8) is 0 Å². The van der Waals surface area contributed by atoms with Gasteiger partial charge in [0.2, 0.25) is 0 Å². The Bertz CT molecular complexity index is 684. The number of methoxy groups -OCH3 is 1. The number of benzene rings is 1. The number of hydrogen-bond acceptors (Lipinski definition) is 6. The van der Waals surface area contributed by atoms with Gasteiger partial charge in [0, 0.05) is 12.0 Å². The number of carbonyl (C=O) groups is 1. The van der Waals surface area contributed by atoms with Gasteiger partial charge in [-0.05, 0) is 30.5 Å². The highest BCUT2D eigenvalue weighted by Crippen LogP contribution is 2.21. The molecule has 0 amide bonds. The maximum atomic E-state index is 12.0. The van der Waals surface area contributed by atoms with Crippen LogP contribution < -0.4 is 16.2 Å². The summed E-state index contributed by atoms with van der Waals surface area (Å²) in [6, 6.07) is 7.60. The normalized spacial score (nSPS) is 10.7. The smallest absolute Gasteiger partial charge is 0.373 e. The predicted molar refractivity (Wildman–Crippen MR) is 101 cm³/mol. The predicted octanol–water partition coefficient (Wildman–Crippen LogP) is 1.44. The minimum absolute atomic E-state index is 0.0524. The fraction of sp³-hybridized carbons (Fsp3) is 0.421. The molecule has 0 saturated carbocycles. The lowest BCUT2D eigenvalue weighted by atomic mass is 9.94. The van der Waals surface area contributed by atoms with Gasteiger partial charge >= 0.3 is 12.1 Å². The molecule has 0 spiro atoms. The molecule has 148 valence electrons. The Morgan fingerprint density at radius 2 is 1.74 bits per heavy atom. The average Bonchev–Trinajstić information content (AvgIpc) is 2.63. The first-order valence-corrected chi connectivity index (χ1v) is 8.31. The lowest BCUT2D eigenvalue weighted by Crippen LogP contribution is -2.23. The Labute approximate surface area is 159 Å². The van der Waals surface area contributed by atoms with Crippen molar-refractivity contribution in [2.24, 2.45) is 22.4 Å². The van der Waals surface area contributed by atoms with E-state index in [1.807, 2.05) is 31.2 Å². The Morgan fingerprint density at radius 3 is 2.19 bits per heavy atom. The molecule has 1 aromatic carbocycles. The zero-order chi connectivity index (χ0) is 20.8. The quantitative estimate of drug-likeness (QED) is 0.230. The lowest BCUT2D eigenvalue weighted by molar-refractivity contribution is -0.191. The maximum absolute atomic E-state index is 12.0. The van der Waals surface area contributed by atoms with E-state index < -0.39 is 0 Å². The van der Waals surface area contributed by atoms with Crippen LogP contribution in [-0.2, 0) is 25.5 Å². The van der Waals surface area contributed by atoms with E-state index in [4.69, 9.17) is 30.5 Å². The number of nitrogens with two attached hydrogens (primary N) is 2. The summed E-state index contributed by atoms with van der Waals surface area (Å²) in [6.45, 7) is 6.90. The van der Waals surface area contributed by atoms with Crippen molar-refractivity contribution < 1.29 is 23.9 Å². The number of esters is 1. The molecule has 0 fully saturated rings. The van der Waals surface area contributed by atoms with Crippen molar-refractivity contribution >= 4 is 18.1 Å². The molecule has 0 aromatic heterocycles. The highest BCUT2D eigenvalue weighted by molar-refractivity contribution is 5.89. The second kappa shape index (κ2) is 13.1. The van der Waals surface area contributed by atoms with Crippen LogP contribution in [-0.4, -0.2) is 38.3 Å². The van der Waals surface area contributed by atoms with Gasteiger partial charge in [-0.25, -0.2) is 4.79 Å². The van der Waals surface area contributed by atoms with Crippen molar-refractivity contribution in [2.45, 2.75) is 27.2 Å². The molecule has 0 aliphatic heterocycles. The van der Waals surface area contributed by atoms with E-state index in [9.17, 15) is 4.79 Å². The Kier molecular flexibility index (Phi) is 11.6. The SMILES string of the molecule is COC(=O)/C(Cc1ccc(OCCN=C(N)N)cc1)=C(\C)C(C)C.O=C=O. The van der Waals surface area contributed by atoms with Gasteiger partial charge in [-0.1, -0.05) is 31.6 Å². The monoisotopic (exact) mass is 377 g/mol. The van der Waals surface area contributed by atoms with Gasteiger partial charge in [0.1, 0.15) is 12.4 Å². The molecule has 0 aliphatic rings. The lowest BCUT2D eigenvalue weighted by Gasteiger charge is -2.14. The summed E-state index contributed by atoms with van der Waals surface area (Å²) < 4.78 is 10.5. The van der Waals surface area contributed by atoms with E-state index in [1.54, 1.807) is 0 Å². The van der Waals surface area contributed by atoms with Gasteiger partial charge in [-0.2, -0.15) is 9.59 Å². The third kappa shape index (κ3) is 9.81. The number of aliphatic imine (C=N–C) groups is 1. The molecule has 0 unspecified atom stereocenters. The average molecular weight is 377 g/mol. The van der Waals surface area contributed by atoms with Crippen LogP contribution in [0.5, 0.6) is 5.75 Å². The third-order valence-electron chi connectivity index (χ3n) is 3.73. The molecule has 0 aliphatic carbocycles. The van der Waals surface area contributed by atoms with Gasteiger partial charge in [0.25, 0.3) is 0 Å². The highest BCUT2D eigenvalue weighted by Gasteiger charge is 2.16. The van der Waals surface area contributed by atoms with Crippen molar-refractivity contribution in [2.75, 3.05) is 20.3 Å². The molecule has 8 heteroatoms. The standard InChI is InChI=1S/C18H27N3O3.CO2/c1-12(2)13(3)16(17(22)23-4)11-14-5-7-15(8-6-14)24-10-9-21-18(19)20;2-1-3/h5-8,12H,9-11H2,1-4H3,(H4,19,20,21);/b16-13+;. The van der Waals surface area contributed by atoms with Crippen LogP contribution in [0.25, 0.3) is 0 Å². The van der Waals surface area contributed by atoms with E-state index in [0.717, 1.165) is 16.9 Å². The molecular weight excluding hydrogens is 350 g/mol.